The number of halogens is 2. The fraction of sp³-hybridized carbons (Fsp3) is 0.343. The van der Waals surface area contributed by atoms with E-state index in [2.05, 4.69) is 46.2 Å². The van der Waals surface area contributed by atoms with Crippen LogP contribution in [-0.2, 0) is 5.41 Å². The monoisotopic (exact) mass is 674 g/mol. The Morgan fingerprint density at radius 1 is 1.07 bits per heavy atom. The Hall–Kier alpha value is -3.63. The van der Waals surface area contributed by atoms with Crippen LogP contribution in [0.15, 0.2) is 71.5 Å². The Morgan fingerprint density at radius 2 is 1.85 bits per heavy atom. The lowest BCUT2D eigenvalue weighted by atomic mass is 9.72. The predicted molar refractivity (Wildman–Crippen MR) is 190 cm³/mol. The van der Waals surface area contributed by atoms with Crippen LogP contribution in [-0.4, -0.2) is 52.4 Å². The van der Waals surface area contributed by atoms with Gasteiger partial charge in [-0.2, -0.15) is 0 Å². The quantitative estimate of drug-likeness (QED) is 0.197. The van der Waals surface area contributed by atoms with E-state index >= 15 is 0 Å². The molecule has 8 nitrogen and oxygen atoms in total. The first-order valence-corrected chi connectivity index (χ1v) is 17.1. The number of phenolic OH excluding ortho intramolecular Hbond substituents is 1. The number of benzene rings is 3. The molecule has 3 aromatic carbocycles. The summed E-state index contributed by atoms with van der Waals surface area (Å²) < 4.78 is 1.02. The molecule has 238 valence electrons. The Balaban J connectivity index is 1.31. The number of piperidine rings is 1. The highest BCUT2D eigenvalue weighted by molar-refractivity contribution is 7.21. The van der Waals surface area contributed by atoms with E-state index < -0.39 is 6.03 Å². The summed E-state index contributed by atoms with van der Waals surface area (Å²) in [6, 6.07) is 16.9. The van der Waals surface area contributed by atoms with Gasteiger partial charge in [0.05, 0.1) is 27.3 Å². The van der Waals surface area contributed by atoms with Crippen molar-refractivity contribution < 1.29 is 9.90 Å². The summed E-state index contributed by atoms with van der Waals surface area (Å²) in [5.74, 6) is 0.628. The summed E-state index contributed by atoms with van der Waals surface area (Å²) in [4.78, 5) is 27.0. The van der Waals surface area contributed by atoms with Crippen molar-refractivity contribution in [2.24, 2.45) is 10.4 Å². The summed E-state index contributed by atoms with van der Waals surface area (Å²) >= 11 is 14.0. The molecule has 4 heterocycles. The molecule has 3 aliphatic heterocycles. The minimum absolute atomic E-state index is 0.201. The minimum Gasteiger partial charge on any atom is -0.506 e. The van der Waals surface area contributed by atoms with Crippen LogP contribution in [0.2, 0.25) is 5.02 Å². The van der Waals surface area contributed by atoms with Gasteiger partial charge in [0.15, 0.2) is 0 Å². The molecule has 0 aliphatic carbocycles. The number of nitrogens with one attached hydrogen (secondary N) is 2. The maximum Gasteiger partial charge on any atom is 0.324 e. The van der Waals surface area contributed by atoms with Crippen LogP contribution in [0.3, 0.4) is 0 Å². The van der Waals surface area contributed by atoms with Crippen molar-refractivity contribution in [3.05, 3.63) is 77.1 Å². The molecule has 0 atom stereocenters. The summed E-state index contributed by atoms with van der Waals surface area (Å²) in [6.07, 6.45) is 4.14. The number of likely N-dealkylation sites (tertiary alicyclic amines) is 1. The standard InChI is InChI=1S/C35H36Cl2N6O2S/c1-34(2,3)19-42-16-14-35(15-17-42)20-43(25-7-5-4-6-23(25)39-33(45)41-29-13-12-28(37)40-29)31-26(44)11-9-22(30(31)35)32-38-24-10-8-21(36)18-27(24)46-32/h4-11,13,18,44H,12,14-17,19-20H2,1-3H3,(H2,39,41,45). The van der Waals surface area contributed by atoms with Gasteiger partial charge < -0.3 is 20.2 Å². The first kappa shape index (κ1) is 31.0. The van der Waals surface area contributed by atoms with Crippen molar-refractivity contribution in [3.8, 4) is 16.3 Å². The summed E-state index contributed by atoms with van der Waals surface area (Å²) in [6.45, 7) is 10.4. The molecule has 0 radical (unpaired) electrons. The molecule has 4 aromatic rings. The fourth-order valence-electron chi connectivity index (χ4n) is 7.03. The SMILES string of the molecule is CC(C)(C)CN1CCC2(CC1)CN(c1ccccc1NC(=O)NC1=CCC(Cl)=N1)c1c(O)ccc(-c3nc4ccc(Cl)cc4s3)c12. The Bertz CT molecular complexity index is 1900. The third-order valence-corrected chi connectivity index (χ3v) is 10.4. The Labute approximate surface area is 282 Å². The molecule has 3 aliphatic rings. The van der Waals surface area contributed by atoms with Crippen molar-refractivity contribution in [2.45, 2.75) is 45.4 Å². The van der Waals surface area contributed by atoms with E-state index in [4.69, 9.17) is 28.2 Å². The molecule has 1 spiro atoms. The van der Waals surface area contributed by atoms with E-state index in [9.17, 15) is 9.90 Å². The number of rotatable bonds is 5. The highest BCUT2D eigenvalue weighted by atomic mass is 35.5. The van der Waals surface area contributed by atoms with E-state index in [1.807, 2.05) is 48.5 Å². The number of hydrogen-bond donors (Lipinski definition) is 3. The van der Waals surface area contributed by atoms with Gasteiger partial charge in [-0.25, -0.2) is 14.8 Å². The first-order chi connectivity index (χ1) is 22.0. The number of phenols is 1. The number of aromatic hydroxyl groups is 1. The Kier molecular flexibility index (Phi) is 8.00. The van der Waals surface area contributed by atoms with Gasteiger partial charge in [-0.3, -0.25) is 5.32 Å². The molecule has 0 saturated carbocycles. The number of aliphatic imine (C=N–C) groups is 1. The smallest absolute Gasteiger partial charge is 0.324 e. The Morgan fingerprint density at radius 3 is 2.59 bits per heavy atom. The molecule has 0 unspecified atom stereocenters. The lowest BCUT2D eigenvalue weighted by Gasteiger charge is -2.42. The van der Waals surface area contributed by atoms with Gasteiger partial charge in [0.1, 0.15) is 21.7 Å². The largest absolute Gasteiger partial charge is 0.506 e. The lowest BCUT2D eigenvalue weighted by molar-refractivity contribution is 0.125. The number of amides is 2. The molecule has 7 rings (SSSR count). The number of anilines is 3. The van der Waals surface area contributed by atoms with E-state index in [-0.39, 0.29) is 16.6 Å². The van der Waals surface area contributed by atoms with E-state index in [0.717, 1.165) is 70.2 Å². The number of aromatic nitrogens is 1. The zero-order chi connectivity index (χ0) is 32.2. The zero-order valence-corrected chi connectivity index (χ0v) is 28.4. The predicted octanol–water partition coefficient (Wildman–Crippen LogP) is 8.86. The average Bonchev–Trinajstić information content (AvgIpc) is 3.70. The summed E-state index contributed by atoms with van der Waals surface area (Å²) in [5.41, 5.74) is 5.21. The van der Waals surface area contributed by atoms with Crippen LogP contribution in [0.4, 0.5) is 21.9 Å². The molecule has 1 saturated heterocycles. The van der Waals surface area contributed by atoms with Gasteiger partial charge >= 0.3 is 6.03 Å². The van der Waals surface area contributed by atoms with Crippen LogP contribution < -0.4 is 15.5 Å². The number of fused-ring (bicyclic) bond motifs is 3. The van der Waals surface area contributed by atoms with Crippen LogP contribution in [0.5, 0.6) is 5.75 Å². The second kappa shape index (κ2) is 11.9. The normalized spacial score (nSPS) is 17.7. The molecular formula is C35H36Cl2N6O2S. The number of carbonyl (C=O) groups excluding carboxylic acids is 1. The highest BCUT2D eigenvalue weighted by Gasteiger charge is 2.48. The van der Waals surface area contributed by atoms with Crippen LogP contribution >= 0.6 is 34.5 Å². The van der Waals surface area contributed by atoms with E-state index in [0.29, 0.717) is 34.7 Å². The van der Waals surface area contributed by atoms with Gasteiger partial charge in [0.25, 0.3) is 0 Å². The second-order valence-electron chi connectivity index (χ2n) is 13.6. The van der Waals surface area contributed by atoms with Gasteiger partial charge in [0, 0.05) is 35.5 Å². The molecular weight excluding hydrogens is 639 g/mol. The van der Waals surface area contributed by atoms with Gasteiger partial charge in [-0.05, 0) is 85.5 Å². The zero-order valence-electron chi connectivity index (χ0n) is 26.0. The molecule has 1 aromatic heterocycles. The number of thiazole rings is 1. The number of nitrogens with zero attached hydrogens (tertiary/aromatic N) is 4. The summed E-state index contributed by atoms with van der Waals surface area (Å²) in [5, 5.41) is 19.4. The fourth-order valence-corrected chi connectivity index (χ4v) is 8.47. The molecule has 0 bridgehead atoms. The van der Waals surface area contributed by atoms with E-state index in [1.54, 1.807) is 23.5 Å². The van der Waals surface area contributed by atoms with Crippen molar-refractivity contribution in [1.29, 1.82) is 0 Å². The molecule has 11 heteroatoms. The van der Waals surface area contributed by atoms with Crippen molar-refractivity contribution in [2.75, 3.05) is 36.4 Å². The van der Waals surface area contributed by atoms with Crippen LogP contribution in [0, 0.1) is 5.41 Å². The third-order valence-electron chi connectivity index (χ3n) is 8.90. The molecule has 1 fully saturated rings. The number of hydrogen-bond acceptors (Lipinski definition) is 7. The number of urea groups is 1. The highest BCUT2D eigenvalue weighted by Crippen LogP contribution is 2.57. The topological polar surface area (TPSA) is 93.1 Å². The number of allylic oxidation sites excluding steroid dienone is 1. The molecule has 3 N–H and O–H groups in total. The van der Waals surface area contributed by atoms with Gasteiger partial charge in [0.2, 0.25) is 0 Å². The minimum atomic E-state index is -0.412. The lowest BCUT2D eigenvalue weighted by Crippen LogP contribution is -2.47. The van der Waals surface area contributed by atoms with Gasteiger partial charge in [-0.15, -0.1) is 11.3 Å². The van der Waals surface area contributed by atoms with Crippen LogP contribution in [0.1, 0.15) is 45.6 Å². The van der Waals surface area contributed by atoms with Crippen LogP contribution in [0.25, 0.3) is 20.8 Å². The van der Waals surface area contributed by atoms with Crippen molar-refractivity contribution >= 4 is 73.0 Å². The van der Waals surface area contributed by atoms with E-state index in [1.165, 1.54) is 0 Å². The van der Waals surface area contributed by atoms with Crippen molar-refractivity contribution in [1.82, 2.24) is 15.2 Å². The molecule has 46 heavy (non-hydrogen) atoms. The number of carbonyl (C=O) groups is 1. The summed E-state index contributed by atoms with van der Waals surface area (Å²) in [7, 11) is 0. The molecule has 2 amide bonds. The maximum atomic E-state index is 13.1. The number of para-hydroxylation sites is 2. The third kappa shape index (κ3) is 5.97. The maximum absolute atomic E-state index is 13.1. The first-order valence-electron chi connectivity index (χ1n) is 15.5. The van der Waals surface area contributed by atoms with Gasteiger partial charge in [-0.1, -0.05) is 56.1 Å². The average molecular weight is 676 g/mol. The van der Waals surface area contributed by atoms with Crippen molar-refractivity contribution in [3.63, 3.8) is 0 Å². The second-order valence-corrected chi connectivity index (χ2v) is 15.5.